The fourth-order valence-electron chi connectivity index (χ4n) is 5.38. The number of benzene rings is 2. The van der Waals surface area contributed by atoms with Crippen LogP contribution in [0.1, 0.15) is 24.0 Å². The number of amides is 4. The van der Waals surface area contributed by atoms with Crippen LogP contribution < -0.4 is 21.3 Å². The maximum atomic E-state index is 13.8. The lowest BCUT2D eigenvalue weighted by Crippen LogP contribution is -2.53. The number of nitrogens with two attached hydrogens (primary N) is 1. The van der Waals surface area contributed by atoms with Crippen LogP contribution in [0, 0.1) is 18.8 Å². The van der Waals surface area contributed by atoms with Gasteiger partial charge in [-0.3, -0.25) is 24.5 Å². The van der Waals surface area contributed by atoms with E-state index in [1.165, 1.54) is 0 Å². The minimum atomic E-state index is -1.47. The number of fused-ring (bicyclic) bond motifs is 4. The summed E-state index contributed by atoms with van der Waals surface area (Å²) >= 11 is 12.2. The van der Waals surface area contributed by atoms with Crippen LogP contribution >= 0.6 is 23.2 Å². The highest BCUT2D eigenvalue weighted by atomic mass is 35.5. The van der Waals surface area contributed by atoms with Gasteiger partial charge in [0.25, 0.3) is 0 Å². The molecule has 10 heteroatoms. The van der Waals surface area contributed by atoms with Crippen LogP contribution in [0.3, 0.4) is 0 Å². The summed E-state index contributed by atoms with van der Waals surface area (Å²) < 4.78 is 0. The molecule has 4 atom stereocenters. The predicted octanol–water partition coefficient (Wildman–Crippen LogP) is 2.49. The van der Waals surface area contributed by atoms with E-state index in [1.54, 1.807) is 43.3 Å². The Morgan fingerprint density at radius 1 is 1.09 bits per heavy atom. The zero-order valence-corrected chi connectivity index (χ0v) is 19.0. The van der Waals surface area contributed by atoms with E-state index in [9.17, 15) is 19.2 Å². The molecule has 0 aromatic heterocycles. The van der Waals surface area contributed by atoms with Crippen LogP contribution in [-0.4, -0.2) is 29.7 Å². The van der Waals surface area contributed by atoms with E-state index >= 15 is 0 Å². The van der Waals surface area contributed by atoms with Crippen molar-refractivity contribution in [3.63, 3.8) is 0 Å². The number of hydrogen-bond donors (Lipinski definition) is 3. The fraction of sp³-hybridized carbons (Fsp3) is 0.304. The van der Waals surface area contributed by atoms with Crippen molar-refractivity contribution in [2.75, 3.05) is 10.2 Å². The Bertz CT molecular complexity index is 1230. The molecule has 2 aromatic carbocycles. The molecule has 3 aliphatic rings. The van der Waals surface area contributed by atoms with Crippen LogP contribution in [0.15, 0.2) is 36.4 Å². The van der Waals surface area contributed by atoms with Gasteiger partial charge >= 0.3 is 0 Å². The third kappa shape index (κ3) is 3.01. The lowest BCUT2D eigenvalue weighted by atomic mass is 9.76. The van der Waals surface area contributed by atoms with Gasteiger partial charge in [0.05, 0.1) is 23.2 Å². The number of rotatable bonds is 4. The van der Waals surface area contributed by atoms with Crippen molar-refractivity contribution in [3.05, 3.63) is 57.6 Å². The highest BCUT2D eigenvalue weighted by molar-refractivity contribution is 6.32. The molecule has 5 rings (SSSR count). The van der Waals surface area contributed by atoms with Crippen LogP contribution in [0.2, 0.25) is 10.0 Å². The summed E-state index contributed by atoms with van der Waals surface area (Å²) in [5, 5.41) is 7.06. The highest BCUT2D eigenvalue weighted by Crippen LogP contribution is 2.55. The van der Waals surface area contributed by atoms with Crippen molar-refractivity contribution < 1.29 is 19.2 Å². The van der Waals surface area contributed by atoms with Crippen molar-refractivity contribution in [1.29, 1.82) is 0 Å². The fourth-order valence-corrected chi connectivity index (χ4v) is 5.66. The van der Waals surface area contributed by atoms with Gasteiger partial charge in [0.15, 0.2) is 0 Å². The second-order valence-corrected chi connectivity index (χ2v) is 9.45. The average Bonchev–Trinajstić information content (AvgIpc) is 3.35. The highest BCUT2D eigenvalue weighted by Gasteiger charge is 2.70. The van der Waals surface area contributed by atoms with Crippen molar-refractivity contribution >= 4 is 58.2 Å². The minimum absolute atomic E-state index is 0.00744. The topological polar surface area (TPSA) is 122 Å². The van der Waals surface area contributed by atoms with Crippen molar-refractivity contribution in [3.8, 4) is 0 Å². The summed E-state index contributed by atoms with van der Waals surface area (Å²) in [6, 6.07) is 9.12. The van der Waals surface area contributed by atoms with Crippen molar-refractivity contribution in [2.24, 2.45) is 17.6 Å². The monoisotopic (exact) mass is 486 g/mol. The van der Waals surface area contributed by atoms with Gasteiger partial charge in [0, 0.05) is 28.1 Å². The summed E-state index contributed by atoms with van der Waals surface area (Å²) in [6.07, 6.45) is 0.217. The normalized spacial score (nSPS) is 27.8. The van der Waals surface area contributed by atoms with Gasteiger partial charge in [0.2, 0.25) is 23.6 Å². The maximum absolute atomic E-state index is 13.8. The molecule has 0 unspecified atom stereocenters. The summed E-state index contributed by atoms with van der Waals surface area (Å²) in [6.45, 7) is 1.78. The molecule has 0 radical (unpaired) electrons. The molecule has 3 heterocycles. The van der Waals surface area contributed by atoms with Crippen molar-refractivity contribution in [1.82, 2.24) is 5.32 Å². The van der Waals surface area contributed by atoms with E-state index in [-0.39, 0.29) is 12.8 Å². The summed E-state index contributed by atoms with van der Waals surface area (Å²) in [4.78, 5) is 53.4. The number of nitrogens with one attached hydrogen (secondary N) is 2. The van der Waals surface area contributed by atoms with Crippen molar-refractivity contribution in [2.45, 2.75) is 31.3 Å². The second kappa shape index (κ2) is 7.55. The standard InChI is InChI=1S/C23H20Cl2N4O4/c1-10-14(25)7-6-13-19(10)27-22(33)23(13)18-17(15(28-23)8-9-16(26)30)20(31)29(21(18)32)12-4-2-11(24)3-5-12/h2-7,15,17-18,28H,8-9H2,1H3,(H2,26,30)(H,27,33)/t15-,17+,18-,23-/m0/s1. The van der Waals surface area contributed by atoms with Crippen LogP contribution in [0.25, 0.3) is 0 Å². The molecule has 3 aliphatic heterocycles. The number of nitrogens with zero attached hydrogens (tertiary/aromatic N) is 1. The van der Waals surface area contributed by atoms with Gasteiger partial charge in [-0.25, -0.2) is 4.90 Å². The molecule has 4 amide bonds. The number of imide groups is 1. The number of halogens is 2. The molecule has 33 heavy (non-hydrogen) atoms. The predicted molar refractivity (Wildman–Crippen MR) is 123 cm³/mol. The SMILES string of the molecule is Cc1c(Cl)ccc2c1NC(=O)[C@]21N[C@@H](CCC(N)=O)[C@H]2C(=O)N(c3ccc(Cl)cc3)C(=O)[C@H]21. The molecule has 2 fully saturated rings. The van der Waals surface area contributed by atoms with E-state index in [0.29, 0.717) is 32.5 Å². The quantitative estimate of drug-likeness (QED) is 0.573. The molecule has 2 aromatic rings. The third-order valence-electron chi connectivity index (χ3n) is 6.87. The zero-order valence-electron chi connectivity index (χ0n) is 17.5. The van der Waals surface area contributed by atoms with E-state index in [2.05, 4.69) is 10.6 Å². The molecule has 1 spiro atoms. The smallest absolute Gasteiger partial charge is 0.250 e. The van der Waals surface area contributed by atoms with Crippen LogP contribution in [-0.2, 0) is 24.7 Å². The van der Waals surface area contributed by atoms with Crippen LogP contribution in [0.4, 0.5) is 11.4 Å². The summed E-state index contributed by atoms with van der Waals surface area (Å²) in [7, 11) is 0. The van der Waals surface area contributed by atoms with Gasteiger partial charge in [0.1, 0.15) is 5.54 Å². The Hall–Kier alpha value is -2.94. The first-order valence-electron chi connectivity index (χ1n) is 10.5. The Labute approximate surface area is 199 Å². The average molecular weight is 487 g/mol. The molecule has 4 N–H and O–H groups in total. The van der Waals surface area contributed by atoms with Gasteiger partial charge in [-0.2, -0.15) is 0 Å². The number of carbonyl (C=O) groups is 4. The minimum Gasteiger partial charge on any atom is -0.370 e. The largest absolute Gasteiger partial charge is 0.370 e. The molecule has 170 valence electrons. The molecule has 8 nitrogen and oxygen atoms in total. The second-order valence-electron chi connectivity index (χ2n) is 8.60. The first kappa shape index (κ1) is 21.9. The Balaban J connectivity index is 1.66. The van der Waals surface area contributed by atoms with E-state index in [4.69, 9.17) is 28.9 Å². The summed E-state index contributed by atoms with van der Waals surface area (Å²) in [5.41, 5.74) is 6.02. The van der Waals surface area contributed by atoms with E-state index in [1.807, 2.05) is 0 Å². The van der Waals surface area contributed by atoms with Crippen LogP contribution in [0.5, 0.6) is 0 Å². The molecule has 0 aliphatic carbocycles. The Morgan fingerprint density at radius 2 is 1.79 bits per heavy atom. The molecule has 0 saturated carbocycles. The first-order valence-corrected chi connectivity index (χ1v) is 11.2. The first-order chi connectivity index (χ1) is 15.7. The van der Waals surface area contributed by atoms with E-state index in [0.717, 1.165) is 4.90 Å². The number of hydrogen-bond acceptors (Lipinski definition) is 5. The summed E-state index contributed by atoms with van der Waals surface area (Å²) in [5.74, 6) is -3.73. The Morgan fingerprint density at radius 3 is 2.45 bits per heavy atom. The maximum Gasteiger partial charge on any atom is 0.250 e. The van der Waals surface area contributed by atoms with E-state index < -0.39 is 47.0 Å². The lowest BCUT2D eigenvalue weighted by Gasteiger charge is -2.29. The zero-order chi connectivity index (χ0) is 23.7. The number of primary amides is 1. The number of carbonyl (C=O) groups excluding carboxylic acids is 4. The molecular weight excluding hydrogens is 467 g/mol. The molecule has 2 saturated heterocycles. The van der Waals surface area contributed by atoms with Gasteiger partial charge in [-0.15, -0.1) is 0 Å². The van der Waals surface area contributed by atoms with Gasteiger partial charge < -0.3 is 11.1 Å². The lowest BCUT2D eigenvalue weighted by molar-refractivity contribution is -0.130. The van der Waals surface area contributed by atoms with Gasteiger partial charge in [-0.05, 0) is 49.2 Å². The number of anilines is 2. The molecular formula is C23H20Cl2N4O4. The van der Waals surface area contributed by atoms with Gasteiger partial charge in [-0.1, -0.05) is 29.3 Å². The molecule has 0 bridgehead atoms. The Kier molecular flexibility index (Phi) is 5.00. The third-order valence-corrected chi connectivity index (χ3v) is 7.53.